The Morgan fingerprint density at radius 3 is 2.67 bits per heavy atom. The van der Waals surface area contributed by atoms with Gasteiger partial charge in [-0.1, -0.05) is 26.2 Å². The lowest BCUT2D eigenvalue weighted by atomic mass is 9.95. The Labute approximate surface area is 147 Å². The van der Waals surface area contributed by atoms with E-state index in [1.165, 1.54) is 19.3 Å². The molecule has 1 saturated carbocycles. The normalized spacial score (nSPS) is 15.5. The van der Waals surface area contributed by atoms with Crippen LogP contribution in [0.25, 0.3) is 0 Å². The number of amides is 1. The van der Waals surface area contributed by atoms with E-state index < -0.39 is 0 Å². The number of hydrogen-bond acceptors (Lipinski definition) is 3. The van der Waals surface area contributed by atoms with Crippen molar-refractivity contribution in [3.63, 3.8) is 0 Å². The Kier molecular flexibility index (Phi) is 5.50. The number of aromatic nitrogens is 4. The number of aryl methyl sites for hydroxylation is 1. The second kappa shape index (κ2) is 7.79. The second-order valence-corrected chi connectivity index (χ2v) is 6.75. The van der Waals surface area contributed by atoms with Gasteiger partial charge in [-0.05, 0) is 43.6 Å². The van der Waals surface area contributed by atoms with Gasteiger partial charge in [-0.15, -0.1) is 0 Å². The van der Waals surface area contributed by atoms with Gasteiger partial charge in [0.2, 0.25) is 10.7 Å². The first kappa shape index (κ1) is 17.0. The van der Waals surface area contributed by atoms with Crippen molar-refractivity contribution in [1.82, 2.24) is 24.4 Å². The highest BCUT2D eigenvalue weighted by Gasteiger charge is 2.18. The molecule has 0 spiro atoms. The Hall–Kier alpha value is -1.89. The van der Waals surface area contributed by atoms with E-state index in [0.29, 0.717) is 10.8 Å². The van der Waals surface area contributed by atoms with Crippen molar-refractivity contribution < 1.29 is 4.79 Å². The number of carbonyl (C=O) groups is 1. The molecular formula is C17H25N5OS. The zero-order valence-electron chi connectivity index (χ0n) is 14.1. The summed E-state index contributed by atoms with van der Waals surface area (Å²) in [6.07, 6.45) is 11.5. The highest BCUT2D eigenvalue weighted by Crippen LogP contribution is 2.17. The Morgan fingerprint density at radius 1 is 1.29 bits per heavy atom. The predicted molar refractivity (Wildman–Crippen MR) is 95.3 cm³/mol. The highest BCUT2D eigenvalue weighted by molar-refractivity contribution is 7.71. The molecule has 0 aromatic carbocycles. The lowest BCUT2D eigenvalue weighted by molar-refractivity contribution is -0.122. The molecule has 0 bridgehead atoms. The highest BCUT2D eigenvalue weighted by atomic mass is 32.1. The van der Waals surface area contributed by atoms with Gasteiger partial charge in [0, 0.05) is 24.9 Å². The van der Waals surface area contributed by atoms with E-state index in [2.05, 4.69) is 17.3 Å². The van der Waals surface area contributed by atoms with E-state index in [4.69, 9.17) is 12.2 Å². The quantitative estimate of drug-likeness (QED) is 0.818. The van der Waals surface area contributed by atoms with E-state index in [9.17, 15) is 4.79 Å². The fourth-order valence-corrected chi connectivity index (χ4v) is 3.58. The van der Waals surface area contributed by atoms with Crippen molar-refractivity contribution in [3.05, 3.63) is 35.1 Å². The minimum Gasteiger partial charge on any atom is -0.352 e. The maximum absolute atomic E-state index is 12.4. The fraction of sp³-hybridized carbons (Fsp3) is 0.588. The van der Waals surface area contributed by atoms with Crippen molar-refractivity contribution in [2.24, 2.45) is 0 Å². The topological polar surface area (TPSA) is 56.8 Å². The molecule has 0 saturated heterocycles. The summed E-state index contributed by atoms with van der Waals surface area (Å²) in [5, 5.41) is 7.71. The number of nitrogens with one attached hydrogen (secondary N) is 1. The molecule has 0 unspecified atom stereocenters. The molecule has 130 valence electrons. The van der Waals surface area contributed by atoms with Crippen LogP contribution in [-0.2, 0) is 17.8 Å². The summed E-state index contributed by atoms with van der Waals surface area (Å²) < 4.78 is 5.99. The van der Waals surface area contributed by atoms with E-state index in [-0.39, 0.29) is 12.5 Å². The molecule has 1 aliphatic rings. The van der Waals surface area contributed by atoms with Crippen molar-refractivity contribution >= 4 is 18.1 Å². The zero-order chi connectivity index (χ0) is 16.9. The van der Waals surface area contributed by atoms with Crippen LogP contribution >= 0.6 is 12.2 Å². The Bertz CT molecular complexity index is 725. The van der Waals surface area contributed by atoms with Crippen LogP contribution in [0.5, 0.6) is 0 Å². The monoisotopic (exact) mass is 347 g/mol. The molecule has 24 heavy (non-hydrogen) atoms. The van der Waals surface area contributed by atoms with Crippen molar-refractivity contribution in [1.29, 1.82) is 0 Å². The first-order chi connectivity index (χ1) is 11.7. The van der Waals surface area contributed by atoms with Gasteiger partial charge in [0.1, 0.15) is 6.54 Å². The summed E-state index contributed by atoms with van der Waals surface area (Å²) >= 11 is 5.56. The van der Waals surface area contributed by atoms with E-state index in [1.807, 2.05) is 33.9 Å². The number of rotatable bonds is 6. The largest absolute Gasteiger partial charge is 0.352 e. The molecule has 0 atom stereocenters. The minimum absolute atomic E-state index is 0.00166. The third kappa shape index (κ3) is 3.77. The van der Waals surface area contributed by atoms with E-state index in [1.54, 1.807) is 4.68 Å². The van der Waals surface area contributed by atoms with Gasteiger partial charge in [0.05, 0.1) is 0 Å². The molecule has 1 N–H and O–H groups in total. The summed E-state index contributed by atoms with van der Waals surface area (Å²) in [5.41, 5.74) is 0. The maximum atomic E-state index is 12.4. The van der Waals surface area contributed by atoms with Crippen LogP contribution in [0.1, 0.15) is 51.3 Å². The van der Waals surface area contributed by atoms with Gasteiger partial charge >= 0.3 is 0 Å². The summed E-state index contributed by atoms with van der Waals surface area (Å²) in [4.78, 5) is 12.4. The zero-order valence-corrected chi connectivity index (χ0v) is 15.0. The third-order valence-corrected chi connectivity index (χ3v) is 4.82. The summed E-state index contributed by atoms with van der Waals surface area (Å²) in [6.45, 7) is 2.29. The van der Waals surface area contributed by atoms with Crippen molar-refractivity contribution in [2.75, 3.05) is 0 Å². The molecule has 0 radical (unpaired) electrons. The molecular weight excluding hydrogens is 322 g/mol. The van der Waals surface area contributed by atoms with E-state index in [0.717, 1.165) is 31.5 Å². The Balaban J connectivity index is 1.77. The molecule has 1 aliphatic carbocycles. The molecule has 0 aliphatic heterocycles. The maximum Gasteiger partial charge on any atom is 0.242 e. The molecule has 6 nitrogen and oxygen atoms in total. The van der Waals surface area contributed by atoms with E-state index >= 15 is 0 Å². The average molecular weight is 347 g/mol. The average Bonchev–Trinajstić information content (AvgIpc) is 3.18. The van der Waals surface area contributed by atoms with Crippen LogP contribution in [-0.4, -0.2) is 31.1 Å². The summed E-state index contributed by atoms with van der Waals surface area (Å²) in [7, 11) is 0. The lowest BCUT2D eigenvalue weighted by Gasteiger charge is -2.22. The molecule has 2 heterocycles. The van der Waals surface area contributed by atoms with Crippen LogP contribution < -0.4 is 5.32 Å². The van der Waals surface area contributed by atoms with Gasteiger partial charge in [-0.2, -0.15) is 5.10 Å². The third-order valence-electron chi connectivity index (χ3n) is 4.44. The number of hydrogen-bond donors (Lipinski definition) is 1. The van der Waals surface area contributed by atoms with Crippen molar-refractivity contribution in [2.45, 2.75) is 64.5 Å². The predicted octanol–water partition coefficient (Wildman–Crippen LogP) is 2.93. The van der Waals surface area contributed by atoms with Crippen LogP contribution in [0, 0.1) is 4.77 Å². The molecule has 3 rings (SSSR count). The van der Waals surface area contributed by atoms with Crippen LogP contribution in [0.4, 0.5) is 0 Å². The van der Waals surface area contributed by atoms with Crippen LogP contribution in [0.2, 0.25) is 0 Å². The lowest BCUT2D eigenvalue weighted by Crippen LogP contribution is -2.38. The SMILES string of the molecule is CCCc1nn(CC(=O)NC2CCCCC2)c(=S)n1-n1cccc1. The van der Waals surface area contributed by atoms with Crippen LogP contribution in [0.3, 0.4) is 0 Å². The van der Waals surface area contributed by atoms with Gasteiger partial charge < -0.3 is 5.32 Å². The second-order valence-electron chi connectivity index (χ2n) is 6.38. The standard InChI is InChI=1S/C17H25N5OS/c1-2-8-15-19-21(17(24)22(15)20-11-6-7-12-20)13-16(23)18-14-9-4-3-5-10-14/h6-7,11-12,14H,2-5,8-10,13H2,1H3,(H,18,23). The summed E-state index contributed by atoms with van der Waals surface area (Å²) in [5.74, 6) is 0.877. The Morgan fingerprint density at radius 2 is 2.00 bits per heavy atom. The van der Waals surface area contributed by atoms with Crippen molar-refractivity contribution in [3.8, 4) is 0 Å². The fourth-order valence-electron chi connectivity index (χ4n) is 3.27. The van der Waals surface area contributed by atoms with Gasteiger partial charge in [0.15, 0.2) is 5.82 Å². The number of nitrogens with zero attached hydrogens (tertiary/aromatic N) is 4. The first-order valence-electron chi connectivity index (χ1n) is 8.80. The van der Waals surface area contributed by atoms with Gasteiger partial charge in [-0.3, -0.25) is 9.47 Å². The summed E-state index contributed by atoms with van der Waals surface area (Å²) in [6, 6.07) is 4.21. The molecule has 1 fully saturated rings. The first-order valence-corrected chi connectivity index (χ1v) is 9.21. The number of carbonyl (C=O) groups excluding carboxylic acids is 1. The van der Waals surface area contributed by atoms with Gasteiger partial charge in [0.25, 0.3) is 0 Å². The molecule has 2 aromatic heterocycles. The molecule has 2 aromatic rings. The molecule has 7 heteroatoms. The van der Waals surface area contributed by atoms with Crippen LogP contribution in [0.15, 0.2) is 24.5 Å². The minimum atomic E-state index is -0.00166. The molecule has 1 amide bonds. The smallest absolute Gasteiger partial charge is 0.242 e. The van der Waals surface area contributed by atoms with Gasteiger partial charge in [-0.25, -0.2) is 9.36 Å².